The average molecular weight is 360 g/mol. The Morgan fingerprint density at radius 3 is 3.08 bits per heavy atom. The predicted molar refractivity (Wildman–Crippen MR) is 101 cm³/mol. The molecule has 2 atom stereocenters. The SMILES string of the molecule is Cc1cc2cc(OCC3=CN(C4(CO)CCNC4)C(C)S3)ccc2o1. The van der Waals surface area contributed by atoms with Gasteiger partial charge >= 0.3 is 0 Å². The summed E-state index contributed by atoms with van der Waals surface area (Å²) in [6.45, 7) is 6.64. The van der Waals surface area contributed by atoms with Crippen molar-refractivity contribution in [2.45, 2.75) is 31.2 Å². The molecular weight excluding hydrogens is 336 g/mol. The van der Waals surface area contributed by atoms with Crippen LogP contribution in [0.15, 0.2) is 39.8 Å². The molecule has 0 spiro atoms. The molecule has 0 bridgehead atoms. The molecule has 5 nitrogen and oxygen atoms in total. The highest BCUT2D eigenvalue weighted by molar-refractivity contribution is 8.03. The maximum absolute atomic E-state index is 9.93. The summed E-state index contributed by atoms with van der Waals surface area (Å²) in [5.74, 6) is 1.76. The number of rotatable bonds is 5. The van der Waals surface area contributed by atoms with E-state index < -0.39 is 0 Å². The van der Waals surface area contributed by atoms with Gasteiger partial charge in [-0.2, -0.15) is 0 Å². The van der Waals surface area contributed by atoms with E-state index in [1.54, 1.807) is 11.8 Å². The summed E-state index contributed by atoms with van der Waals surface area (Å²) < 4.78 is 11.6. The Balaban J connectivity index is 1.46. The Labute approximate surface area is 152 Å². The molecule has 1 aromatic heterocycles. The van der Waals surface area contributed by atoms with Crippen LogP contribution < -0.4 is 10.1 Å². The highest BCUT2D eigenvalue weighted by Gasteiger charge is 2.42. The van der Waals surface area contributed by atoms with Crippen molar-refractivity contribution >= 4 is 22.7 Å². The molecular formula is C19H24N2O3S. The summed E-state index contributed by atoms with van der Waals surface area (Å²) in [5, 5.41) is 14.7. The fourth-order valence-corrected chi connectivity index (χ4v) is 4.86. The highest BCUT2D eigenvalue weighted by atomic mass is 32.2. The number of thioether (sulfide) groups is 1. The quantitative estimate of drug-likeness (QED) is 0.855. The average Bonchev–Trinajstić information content (AvgIpc) is 3.30. The van der Waals surface area contributed by atoms with Crippen LogP contribution in [0.1, 0.15) is 19.1 Å². The van der Waals surface area contributed by atoms with Crippen LogP contribution in [-0.2, 0) is 0 Å². The van der Waals surface area contributed by atoms with E-state index >= 15 is 0 Å². The predicted octanol–water partition coefficient (Wildman–Crippen LogP) is 3.08. The molecule has 2 N–H and O–H groups in total. The van der Waals surface area contributed by atoms with E-state index in [1.165, 1.54) is 4.91 Å². The number of aryl methyl sites for hydroxylation is 1. The molecule has 2 aromatic rings. The van der Waals surface area contributed by atoms with Crippen LogP contribution in [0.3, 0.4) is 0 Å². The smallest absolute Gasteiger partial charge is 0.134 e. The molecule has 1 saturated heterocycles. The minimum Gasteiger partial charge on any atom is -0.488 e. The van der Waals surface area contributed by atoms with E-state index in [0.717, 1.165) is 42.0 Å². The zero-order chi connectivity index (χ0) is 17.4. The van der Waals surface area contributed by atoms with Crippen LogP contribution in [0.4, 0.5) is 0 Å². The van der Waals surface area contributed by atoms with Gasteiger partial charge in [-0.25, -0.2) is 0 Å². The lowest BCUT2D eigenvalue weighted by molar-refractivity contribution is 0.0791. The molecule has 4 rings (SSSR count). The fraction of sp³-hybridized carbons (Fsp3) is 0.474. The third-order valence-electron chi connectivity index (χ3n) is 5.05. The number of aliphatic hydroxyl groups excluding tert-OH is 1. The van der Waals surface area contributed by atoms with Crippen LogP contribution in [0.25, 0.3) is 11.0 Å². The van der Waals surface area contributed by atoms with Crippen LogP contribution in [0.2, 0.25) is 0 Å². The van der Waals surface area contributed by atoms with Crippen molar-refractivity contribution in [2.24, 2.45) is 0 Å². The van der Waals surface area contributed by atoms with Crippen molar-refractivity contribution in [3.8, 4) is 5.75 Å². The summed E-state index contributed by atoms with van der Waals surface area (Å²) >= 11 is 1.81. The number of hydrogen-bond acceptors (Lipinski definition) is 6. The van der Waals surface area contributed by atoms with Gasteiger partial charge < -0.3 is 24.5 Å². The first kappa shape index (κ1) is 16.8. The lowest BCUT2D eigenvalue weighted by atomic mass is 9.97. The van der Waals surface area contributed by atoms with Gasteiger partial charge in [0.15, 0.2) is 0 Å². The van der Waals surface area contributed by atoms with Gasteiger partial charge in [-0.3, -0.25) is 0 Å². The van der Waals surface area contributed by atoms with E-state index in [0.29, 0.717) is 12.0 Å². The third kappa shape index (κ3) is 3.14. The molecule has 0 saturated carbocycles. The largest absolute Gasteiger partial charge is 0.488 e. The van der Waals surface area contributed by atoms with Gasteiger partial charge in [-0.05, 0) is 51.1 Å². The zero-order valence-electron chi connectivity index (χ0n) is 14.6. The van der Waals surface area contributed by atoms with Gasteiger partial charge in [-0.15, -0.1) is 11.8 Å². The van der Waals surface area contributed by atoms with E-state index in [1.807, 2.05) is 31.2 Å². The molecule has 0 amide bonds. The first-order chi connectivity index (χ1) is 12.1. The minimum absolute atomic E-state index is 0.173. The molecule has 2 aliphatic rings. The number of aliphatic hydroxyl groups is 1. The second-order valence-electron chi connectivity index (χ2n) is 6.87. The molecule has 2 aliphatic heterocycles. The fourth-order valence-electron chi connectivity index (χ4n) is 3.73. The van der Waals surface area contributed by atoms with E-state index in [9.17, 15) is 5.11 Å². The van der Waals surface area contributed by atoms with Crippen molar-refractivity contribution in [3.63, 3.8) is 0 Å². The maximum Gasteiger partial charge on any atom is 0.134 e. The molecule has 1 fully saturated rings. The van der Waals surface area contributed by atoms with E-state index in [4.69, 9.17) is 9.15 Å². The summed E-state index contributed by atoms with van der Waals surface area (Å²) in [6, 6.07) is 7.94. The second-order valence-corrected chi connectivity index (χ2v) is 8.32. The Morgan fingerprint density at radius 2 is 2.32 bits per heavy atom. The van der Waals surface area contributed by atoms with Gasteiger partial charge in [0.25, 0.3) is 0 Å². The number of hydrogen-bond donors (Lipinski definition) is 2. The molecule has 134 valence electrons. The topological polar surface area (TPSA) is 57.9 Å². The van der Waals surface area contributed by atoms with Crippen LogP contribution >= 0.6 is 11.8 Å². The lowest BCUT2D eigenvalue weighted by Gasteiger charge is -2.39. The Bertz CT molecular complexity index is 795. The molecule has 25 heavy (non-hydrogen) atoms. The van der Waals surface area contributed by atoms with Crippen molar-refractivity contribution in [1.82, 2.24) is 10.2 Å². The number of nitrogens with zero attached hydrogens (tertiary/aromatic N) is 1. The maximum atomic E-state index is 9.93. The third-order valence-corrected chi connectivity index (χ3v) is 6.15. The van der Waals surface area contributed by atoms with Gasteiger partial charge in [-0.1, -0.05) is 0 Å². The molecule has 2 unspecified atom stereocenters. The van der Waals surface area contributed by atoms with Crippen LogP contribution in [-0.4, -0.2) is 47.2 Å². The molecule has 3 heterocycles. The van der Waals surface area contributed by atoms with Crippen LogP contribution in [0, 0.1) is 6.92 Å². The minimum atomic E-state index is -0.179. The number of benzene rings is 1. The molecule has 6 heteroatoms. The standard InChI is InChI=1S/C19H24N2O3S/c1-13-7-15-8-16(3-4-18(15)24-13)23-10-17-9-21(14(2)25-17)19(12-22)5-6-20-11-19/h3-4,7-9,14,20,22H,5-6,10-12H2,1-2H3. The number of fused-ring (bicyclic) bond motifs is 1. The van der Waals surface area contributed by atoms with Gasteiger partial charge in [0.05, 0.1) is 17.5 Å². The van der Waals surface area contributed by atoms with Gasteiger partial charge in [0.2, 0.25) is 0 Å². The number of furan rings is 1. The molecule has 0 radical (unpaired) electrons. The summed E-state index contributed by atoms with van der Waals surface area (Å²) in [6.07, 6.45) is 3.13. The first-order valence-electron chi connectivity index (χ1n) is 8.70. The second kappa shape index (κ2) is 6.59. The van der Waals surface area contributed by atoms with Crippen LogP contribution in [0.5, 0.6) is 5.75 Å². The molecule has 1 aromatic carbocycles. The van der Waals surface area contributed by atoms with Gasteiger partial charge in [0.1, 0.15) is 23.7 Å². The molecule has 0 aliphatic carbocycles. The van der Waals surface area contributed by atoms with Crippen molar-refractivity contribution in [2.75, 3.05) is 26.3 Å². The zero-order valence-corrected chi connectivity index (χ0v) is 15.4. The summed E-state index contributed by atoms with van der Waals surface area (Å²) in [5.41, 5.74) is 0.708. The van der Waals surface area contributed by atoms with Crippen molar-refractivity contribution in [3.05, 3.63) is 41.1 Å². The Kier molecular flexibility index (Phi) is 4.43. The highest BCUT2D eigenvalue weighted by Crippen LogP contribution is 2.39. The first-order valence-corrected chi connectivity index (χ1v) is 9.58. The van der Waals surface area contributed by atoms with E-state index in [-0.39, 0.29) is 12.1 Å². The lowest BCUT2D eigenvalue weighted by Crippen LogP contribution is -2.52. The van der Waals surface area contributed by atoms with E-state index in [2.05, 4.69) is 23.3 Å². The normalized spacial score (nSPS) is 26.4. The summed E-state index contributed by atoms with van der Waals surface area (Å²) in [7, 11) is 0. The Morgan fingerprint density at radius 1 is 1.44 bits per heavy atom. The van der Waals surface area contributed by atoms with Gasteiger partial charge in [0, 0.05) is 23.0 Å². The number of ether oxygens (including phenoxy) is 1. The summed E-state index contributed by atoms with van der Waals surface area (Å²) in [4.78, 5) is 3.50. The van der Waals surface area contributed by atoms with Crippen molar-refractivity contribution < 1.29 is 14.3 Å². The number of nitrogens with one attached hydrogen (secondary N) is 1. The monoisotopic (exact) mass is 360 g/mol. The van der Waals surface area contributed by atoms with Crippen molar-refractivity contribution in [1.29, 1.82) is 0 Å². The Hall–Kier alpha value is -1.63.